The third kappa shape index (κ3) is 3.64. The van der Waals surface area contributed by atoms with Crippen molar-refractivity contribution in [1.82, 2.24) is 5.43 Å². The van der Waals surface area contributed by atoms with Crippen LogP contribution in [-0.4, -0.2) is 19.6 Å². The maximum absolute atomic E-state index is 3.30. The van der Waals surface area contributed by atoms with Crippen LogP contribution in [0.1, 0.15) is 20.8 Å². The highest BCUT2D eigenvalue weighted by atomic mass is 15.5. The van der Waals surface area contributed by atoms with E-state index in [1.807, 2.05) is 0 Å². The molecule has 0 saturated heterocycles. The van der Waals surface area contributed by atoms with Gasteiger partial charge in [0.2, 0.25) is 0 Å². The number of likely N-dealkylation sites (N-methyl/N-ethyl adjacent to an activating group) is 1. The Kier molecular flexibility index (Phi) is 5.26. The van der Waals surface area contributed by atoms with Gasteiger partial charge in [0.15, 0.2) is 0 Å². The van der Waals surface area contributed by atoms with Crippen molar-refractivity contribution in [2.45, 2.75) is 26.8 Å². The van der Waals surface area contributed by atoms with E-state index in [9.17, 15) is 0 Å². The van der Waals surface area contributed by atoms with E-state index in [2.05, 4.69) is 45.4 Å². The van der Waals surface area contributed by atoms with Gasteiger partial charge in [0.1, 0.15) is 6.04 Å². The highest BCUT2D eigenvalue weighted by molar-refractivity contribution is 4.81. The van der Waals surface area contributed by atoms with Crippen molar-refractivity contribution >= 4 is 0 Å². The van der Waals surface area contributed by atoms with Crippen molar-refractivity contribution in [3.63, 3.8) is 0 Å². The lowest BCUT2D eigenvalue weighted by Crippen LogP contribution is -3.18. The summed E-state index contributed by atoms with van der Waals surface area (Å²) in [5.41, 5.74) is 3.30. The van der Waals surface area contributed by atoms with Crippen molar-refractivity contribution in [3.8, 4) is 0 Å². The third-order valence-corrected chi connectivity index (χ3v) is 1.62. The Bertz CT molecular complexity index is 99.4. The molecule has 0 aliphatic carbocycles. The molecule has 0 aromatic carbocycles. The Morgan fingerprint density at radius 3 is 2.60 bits per heavy atom. The molecular weight excluding hydrogens is 124 g/mol. The van der Waals surface area contributed by atoms with E-state index in [0.717, 1.165) is 6.54 Å². The summed E-state index contributed by atoms with van der Waals surface area (Å²) in [6, 6.07) is 0.560. The lowest BCUT2D eigenvalue weighted by Gasteiger charge is -2.17. The second kappa shape index (κ2) is 5.45. The van der Waals surface area contributed by atoms with E-state index in [1.165, 1.54) is 5.01 Å². The predicted molar refractivity (Wildman–Crippen MR) is 44.8 cm³/mol. The summed E-state index contributed by atoms with van der Waals surface area (Å²) >= 11 is 0. The number of nitrogens with one attached hydrogen (secondary N) is 2. The van der Waals surface area contributed by atoms with Crippen molar-refractivity contribution in [1.29, 1.82) is 0 Å². The fourth-order valence-electron chi connectivity index (χ4n) is 0.873. The van der Waals surface area contributed by atoms with Gasteiger partial charge in [0.25, 0.3) is 0 Å². The van der Waals surface area contributed by atoms with Gasteiger partial charge in [-0.1, -0.05) is 6.08 Å². The Morgan fingerprint density at radius 1 is 1.60 bits per heavy atom. The summed E-state index contributed by atoms with van der Waals surface area (Å²) in [5, 5.41) is 1.35. The number of hydrogen-bond donors (Lipinski definition) is 2. The van der Waals surface area contributed by atoms with Gasteiger partial charge in [-0.3, -0.25) is 5.01 Å². The highest BCUT2D eigenvalue weighted by Gasteiger charge is 2.05. The summed E-state index contributed by atoms with van der Waals surface area (Å²) in [5.74, 6) is 0. The molecule has 0 amide bonds. The number of rotatable bonds is 4. The third-order valence-electron chi connectivity index (χ3n) is 1.62. The van der Waals surface area contributed by atoms with E-state index < -0.39 is 0 Å². The molecule has 10 heavy (non-hydrogen) atoms. The second-order valence-electron chi connectivity index (χ2n) is 2.53. The first kappa shape index (κ1) is 9.66. The standard InChI is InChI=1S/C8H18N2/c1-5-7-8(3)10(4)9-6-2/h5,7-9H,6H2,1-4H3/p+1. The van der Waals surface area contributed by atoms with Crippen LogP contribution in [0.3, 0.4) is 0 Å². The van der Waals surface area contributed by atoms with E-state index in [0.29, 0.717) is 6.04 Å². The summed E-state index contributed by atoms with van der Waals surface area (Å²) < 4.78 is 0. The van der Waals surface area contributed by atoms with Crippen molar-refractivity contribution in [3.05, 3.63) is 12.2 Å². The molecule has 0 fully saturated rings. The summed E-state index contributed by atoms with van der Waals surface area (Å²) in [7, 11) is 2.13. The van der Waals surface area contributed by atoms with Gasteiger partial charge in [-0.25, -0.2) is 0 Å². The Labute approximate surface area is 63.9 Å². The van der Waals surface area contributed by atoms with Crippen molar-refractivity contribution in [2.75, 3.05) is 13.6 Å². The van der Waals surface area contributed by atoms with Gasteiger partial charge in [0, 0.05) is 6.54 Å². The molecule has 2 N–H and O–H groups in total. The van der Waals surface area contributed by atoms with Gasteiger partial charge in [-0.15, -0.1) is 0 Å². The lowest BCUT2D eigenvalue weighted by atomic mass is 10.3. The van der Waals surface area contributed by atoms with E-state index in [1.54, 1.807) is 0 Å². The second-order valence-corrected chi connectivity index (χ2v) is 2.53. The van der Waals surface area contributed by atoms with Crippen LogP contribution in [0.4, 0.5) is 0 Å². The van der Waals surface area contributed by atoms with Crippen molar-refractivity contribution < 1.29 is 5.01 Å². The first-order chi connectivity index (χ1) is 4.72. The van der Waals surface area contributed by atoms with Crippen LogP contribution >= 0.6 is 0 Å². The molecule has 2 atom stereocenters. The summed E-state index contributed by atoms with van der Waals surface area (Å²) in [6.07, 6.45) is 4.28. The molecule has 0 aliphatic heterocycles. The molecule has 0 bridgehead atoms. The Morgan fingerprint density at radius 2 is 2.20 bits per heavy atom. The Balaban J connectivity index is 3.58. The molecule has 0 radical (unpaired) electrons. The zero-order valence-electron chi connectivity index (χ0n) is 7.44. The molecule has 2 heteroatoms. The monoisotopic (exact) mass is 143 g/mol. The molecule has 60 valence electrons. The SMILES string of the molecule is CC=CC(C)[NH+](C)NCC. The zero-order chi connectivity index (χ0) is 7.98. The molecule has 0 saturated carbocycles. The van der Waals surface area contributed by atoms with Crippen molar-refractivity contribution in [2.24, 2.45) is 0 Å². The molecule has 2 unspecified atom stereocenters. The smallest absolute Gasteiger partial charge is 0.120 e. The maximum atomic E-state index is 3.30. The van der Waals surface area contributed by atoms with Crippen LogP contribution in [0.25, 0.3) is 0 Å². The zero-order valence-corrected chi connectivity index (χ0v) is 7.44. The predicted octanol–water partition coefficient (Wildman–Crippen LogP) is -0.00980. The van der Waals surface area contributed by atoms with Gasteiger partial charge >= 0.3 is 0 Å². The molecular formula is C8H19N2+. The maximum Gasteiger partial charge on any atom is 0.120 e. The normalized spacial score (nSPS) is 17.6. The minimum Gasteiger partial charge on any atom is -0.254 e. The number of quaternary nitrogens is 1. The quantitative estimate of drug-likeness (QED) is 0.418. The average molecular weight is 143 g/mol. The van der Waals surface area contributed by atoms with Crippen LogP contribution < -0.4 is 10.4 Å². The molecule has 0 heterocycles. The van der Waals surface area contributed by atoms with Crippen LogP contribution in [-0.2, 0) is 0 Å². The van der Waals surface area contributed by atoms with E-state index in [-0.39, 0.29) is 0 Å². The fourth-order valence-corrected chi connectivity index (χ4v) is 0.873. The van der Waals surface area contributed by atoms with Gasteiger partial charge in [0.05, 0.1) is 7.05 Å². The van der Waals surface area contributed by atoms with E-state index in [4.69, 9.17) is 0 Å². The summed E-state index contributed by atoms with van der Waals surface area (Å²) in [4.78, 5) is 0. The lowest BCUT2D eigenvalue weighted by molar-refractivity contribution is -0.942. The molecule has 0 aromatic heterocycles. The summed E-state index contributed by atoms with van der Waals surface area (Å²) in [6.45, 7) is 7.38. The van der Waals surface area contributed by atoms with Crippen LogP contribution in [0, 0.1) is 0 Å². The topological polar surface area (TPSA) is 16.5 Å². The minimum absolute atomic E-state index is 0.560. The molecule has 0 rings (SSSR count). The molecule has 0 spiro atoms. The van der Waals surface area contributed by atoms with Gasteiger partial charge in [-0.2, -0.15) is 5.43 Å². The van der Waals surface area contributed by atoms with Crippen LogP contribution in [0.2, 0.25) is 0 Å². The van der Waals surface area contributed by atoms with Crippen LogP contribution in [0.15, 0.2) is 12.2 Å². The Hall–Kier alpha value is -0.340. The fraction of sp³-hybridized carbons (Fsp3) is 0.750. The minimum atomic E-state index is 0.560. The number of allylic oxidation sites excluding steroid dienone is 1. The first-order valence-corrected chi connectivity index (χ1v) is 3.92. The largest absolute Gasteiger partial charge is 0.254 e. The molecule has 0 aromatic rings. The highest BCUT2D eigenvalue weighted by Crippen LogP contribution is 1.75. The van der Waals surface area contributed by atoms with Crippen LogP contribution in [0.5, 0.6) is 0 Å². The van der Waals surface area contributed by atoms with E-state index >= 15 is 0 Å². The van der Waals surface area contributed by atoms with Gasteiger partial charge < -0.3 is 0 Å². The molecule has 2 nitrogen and oxygen atoms in total. The number of hydrogen-bond acceptors (Lipinski definition) is 1. The molecule has 0 aliphatic rings. The average Bonchev–Trinajstić information content (AvgIpc) is 1.89. The van der Waals surface area contributed by atoms with Gasteiger partial charge in [-0.05, 0) is 26.8 Å². The first-order valence-electron chi connectivity index (χ1n) is 3.92.